The topological polar surface area (TPSA) is 251 Å². The summed E-state index contributed by atoms with van der Waals surface area (Å²) in [5.74, 6) is -6.94. The van der Waals surface area contributed by atoms with Crippen molar-refractivity contribution in [1.29, 1.82) is 0 Å². The van der Waals surface area contributed by atoms with Crippen molar-refractivity contribution in [2.45, 2.75) is 310 Å². The highest BCUT2D eigenvalue weighted by Gasteiger charge is 2.41. The van der Waals surface area contributed by atoms with Gasteiger partial charge in [0.05, 0.1) is 18.6 Å². The number of fused-ring (bicyclic) bond motifs is 1. The van der Waals surface area contributed by atoms with Crippen LogP contribution in [0.4, 0.5) is 0 Å². The average molecular weight is 1120 g/mol. The second-order valence-corrected chi connectivity index (χ2v) is 23.8. The third-order valence-corrected chi connectivity index (χ3v) is 16.2. The van der Waals surface area contributed by atoms with Crippen molar-refractivity contribution in [3.8, 4) is 0 Å². The summed E-state index contributed by atoms with van der Waals surface area (Å²) in [6, 6.07) is -8.44. The second kappa shape index (κ2) is 40.0. The van der Waals surface area contributed by atoms with Crippen LogP contribution in [0.25, 0.3) is 0 Å². The Balaban J connectivity index is 2.21. The summed E-state index contributed by atoms with van der Waals surface area (Å²) in [7, 11) is 1.37. The fraction of sp³-hybridized carbons (Fsp3) is 0.869. The molecule has 7 amide bonds. The first-order valence-electron chi connectivity index (χ1n) is 31.2. The van der Waals surface area contributed by atoms with Crippen molar-refractivity contribution >= 4 is 47.3 Å². The molecule has 2 aliphatic rings. The molecule has 2 rings (SSSR count). The number of aliphatic hydroxyl groups is 1. The molecule has 7 N–H and O–H groups in total. The number of esters is 1. The number of hydrogen-bond donors (Lipinski definition) is 7. The summed E-state index contributed by atoms with van der Waals surface area (Å²) in [5.41, 5.74) is 0. The molecule has 2 fully saturated rings. The lowest BCUT2D eigenvalue weighted by atomic mass is 9.96. The minimum absolute atomic E-state index is 0.219. The fourth-order valence-corrected chi connectivity index (χ4v) is 10.6. The van der Waals surface area contributed by atoms with Crippen molar-refractivity contribution in [1.82, 2.24) is 36.8 Å². The zero-order chi connectivity index (χ0) is 58.9. The molecule has 0 aromatic rings. The molecular weight excluding hydrogens is 1010 g/mol. The van der Waals surface area contributed by atoms with Gasteiger partial charge >= 0.3 is 5.97 Å². The summed E-state index contributed by atoms with van der Waals surface area (Å²) in [4.78, 5) is 114. The first-order chi connectivity index (χ1) is 37.7. The zero-order valence-electron chi connectivity index (χ0n) is 51.0. The molecule has 2 saturated heterocycles. The van der Waals surface area contributed by atoms with E-state index in [0.29, 0.717) is 25.7 Å². The maximum Gasteiger partial charge on any atom is 0.331 e. The Kier molecular flexibility index (Phi) is 35.8. The Morgan fingerprint density at radius 3 is 1.37 bits per heavy atom. The van der Waals surface area contributed by atoms with Gasteiger partial charge in [0, 0.05) is 13.7 Å². The molecule has 18 nitrogen and oxygen atoms in total. The molecule has 0 aromatic carbocycles. The number of amides is 7. The van der Waals surface area contributed by atoms with Crippen molar-refractivity contribution in [3.05, 3.63) is 0 Å². The van der Waals surface area contributed by atoms with Crippen LogP contribution in [0.1, 0.15) is 249 Å². The second-order valence-electron chi connectivity index (χ2n) is 23.8. The van der Waals surface area contributed by atoms with Gasteiger partial charge in [-0.25, -0.2) is 4.79 Å². The summed E-state index contributed by atoms with van der Waals surface area (Å²) < 4.78 is 11.6. The molecular formula is C61H111N7O11. The van der Waals surface area contributed by atoms with Crippen LogP contribution in [0.2, 0.25) is 0 Å². The normalized spacial score (nSPS) is 25.0. The lowest BCUT2D eigenvalue weighted by Crippen LogP contribution is -2.61. The molecule has 0 spiro atoms. The first-order valence-corrected chi connectivity index (χ1v) is 31.2. The highest BCUT2D eigenvalue weighted by Crippen LogP contribution is 2.22. The molecule has 2 heterocycles. The molecule has 79 heavy (non-hydrogen) atoms. The first kappa shape index (κ1) is 70.8. The molecule has 0 aromatic heterocycles. The average Bonchev–Trinajstić information content (AvgIpc) is 3.95. The number of carbonyl (C=O) groups is 8. The van der Waals surface area contributed by atoms with E-state index in [2.05, 4.69) is 38.8 Å². The number of ether oxygens (including phenoxy) is 2. The summed E-state index contributed by atoms with van der Waals surface area (Å²) in [6.07, 6.45) is 26.5. The number of methoxy groups -OCH3 is 1. The molecule has 11 unspecified atom stereocenters. The maximum absolute atomic E-state index is 14.2. The van der Waals surface area contributed by atoms with Gasteiger partial charge in [-0.15, -0.1) is 0 Å². The lowest BCUT2D eigenvalue weighted by molar-refractivity contribution is -0.158. The Morgan fingerprint density at radius 1 is 0.532 bits per heavy atom. The SMILES string of the molecule is CCCCCCCCCCCCCCCCCCCCCCCCCC1CC(=O)NC(C(C)O)C(=O)NC(C(C)C)C(=O)NC(C)C(=O)N2CCCC2C(=O)NC(C(C)CC)C(=O)NC(C(C)C)C(=O)NC(C(C)OC)C(=O)O1. The summed E-state index contributed by atoms with van der Waals surface area (Å²) in [5, 5.41) is 27.2. The number of cyclic esters (lactones) is 1. The van der Waals surface area contributed by atoms with E-state index in [1.54, 1.807) is 41.5 Å². The molecule has 456 valence electrons. The Morgan fingerprint density at radius 2 is 0.937 bits per heavy atom. The van der Waals surface area contributed by atoms with E-state index in [4.69, 9.17) is 9.47 Å². The number of hydrogen-bond acceptors (Lipinski definition) is 11. The van der Waals surface area contributed by atoms with Crippen LogP contribution in [0.3, 0.4) is 0 Å². The predicted molar refractivity (Wildman–Crippen MR) is 310 cm³/mol. The van der Waals surface area contributed by atoms with Gasteiger partial charge in [0.2, 0.25) is 41.4 Å². The molecule has 0 bridgehead atoms. The highest BCUT2D eigenvalue weighted by atomic mass is 16.5. The number of aliphatic hydroxyl groups excluding tert-OH is 1. The van der Waals surface area contributed by atoms with Crippen LogP contribution < -0.4 is 31.9 Å². The maximum atomic E-state index is 14.2. The van der Waals surface area contributed by atoms with E-state index in [0.717, 1.165) is 25.7 Å². The molecule has 0 aliphatic carbocycles. The van der Waals surface area contributed by atoms with E-state index in [9.17, 15) is 43.5 Å². The number of unbranched alkanes of at least 4 members (excludes halogenated alkanes) is 22. The number of nitrogens with one attached hydrogen (secondary N) is 6. The van der Waals surface area contributed by atoms with Crippen molar-refractivity contribution in [2.75, 3.05) is 13.7 Å². The largest absolute Gasteiger partial charge is 0.460 e. The van der Waals surface area contributed by atoms with Gasteiger partial charge < -0.3 is 51.4 Å². The van der Waals surface area contributed by atoms with Gasteiger partial charge in [-0.1, -0.05) is 196 Å². The van der Waals surface area contributed by atoms with Crippen LogP contribution in [-0.2, 0) is 47.8 Å². The van der Waals surface area contributed by atoms with Crippen molar-refractivity contribution in [2.24, 2.45) is 17.8 Å². The fourth-order valence-electron chi connectivity index (χ4n) is 10.6. The molecule has 0 radical (unpaired) electrons. The van der Waals surface area contributed by atoms with Crippen LogP contribution in [0.15, 0.2) is 0 Å². The zero-order valence-corrected chi connectivity index (χ0v) is 51.0. The van der Waals surface area contributed by atoms with Crippen LogP contribution in [0.5, 0.6) is 0 Å². The van der Waals surface area contributed by atoms with Crippen LogP contribution >= 0.6 is 0 Å². The lowest BCUT2D eigenvalue weighted by Gasteiger charge is -2.32. The number of rotatable bonds is 31. The van der Waals surface area contributed by atoms with E-state index in [1.165, 1.54) is 141 Å². The van der Waals surface area contributed by atoms with Gasteiger partial charge in [-0.3, -0.25) is 33.6 Å². The van der Waals surface area contributed by atoms with E-state index < -0.39 is 126 Å². The van der Waals surface area contributed by atoms with E-state index in [1.807, 2.05) is 6.92 Å². The monoisotopic (exact) mass is 1120 g/mol. The highest BCUT2D eigenvalue weighted by molar-refractivity contribution is 5.98. The van der Waals surface area contributed by atoms with Gasteiger partial charge in [0.1, 0.15) is 42.4 Å². The summed E-state index contributed by atoms with van der Waals surface area (Å²) in [6.45, 7) is 17.4. The Bertz CT molecular complexity index is 1820. The minimum atomic E-state index is -1.52. The predicted octanol–water partition coefficient (Wildman–Crippen LogP) is 8.38. The number of carbonyl (C=O) groups excluding carboxylic acids is 8. The third kappa shape index (κ3) is 26.9. The standard InChI is InChI=1S/C61H111N7O11/c1-12-14-15-16-17-18-19-20-21-22-23-24-25-26-27-28-29-30-31-32-33-34-35-37-47-40-49(70)63-53(45(9)69)59(75)65-50(41(3)4)56(72)62-44(8)60(76)68-39-36-38-48(68)55(71)66-52(43(7)13-2)58(74)64-51(42(5)6)57(73)67-54(46(10)78-11)61(77)79-47/h41-48,50-54,69H,12-40H2,1-11H3,(H,62,72)(H,63,70)(H,64,74)(H,65,75)(H,66,71)(H,67,73). The molecule has 18 heteroatoms. The Hall–Kier alpha value is -4.32. The van der Waals surface area contributed by atoms with Gasteiger partial charge in [-0.05, 0) is 64.2 Å². The molecule has 0 saturated carbocycles. The van der Waals surface area contributed by atoms with Gasteiger partial charge in [-0.2, -0.15) is 0 Å². The Labute approximate surface area is 476 Å². The summed E-state index contributed by atoms with van der Waals surface area (Å²) >= 11 is 0. The quantitative estimate of drug-likeness (QED) is 0.0257. The van der Waals surface area contributed by atoms with Crippen molar-refractivity contribution < 1.29 is 52.9 Å². The smallest absolute Gasteiger partial charge is 0.331 e. The van der Waals surface area contributed by atoms with Gasteiger partial charge in [0.15, 0.2) is 6.04 Å². The van der Waals surface area contributed by atoms with Crippen molar-refractivity contribution in [3.63, 3.8) is 0 Å². The van der Waals surface area contributed by atoms with E-state index in [-0.39, 0.29) is 19.4 Å². The van der Waals surface area contributed by atoms with Crippen LogP contribution in [0, 0.1) is 17.8 Å². The molecule has 11 atom stereocenters. The third-order valence-electron chi connectivity index (χ3n) is 16.2. The van der Waals surface area contributed by atoms with Crippen LogP contribution in [-0.4, -0.2) is 132 Å². The van der Waals surface area contributed by atoms with Gasteiger partial charge in [0.25, 0.3) is 0 Å². The number of nitrogens with zero attached hydrogens (tertiary/aromatic N) is 1. The van der Waals surface area contributed by atoms with E-state index >= 15 is 0 Å². The molecule has 2 aliphatic heterocycles. The minimum Gasteiger partial charge on any atom is -0.460 e.